The molecule has 0 unspecified atom stereocenters. The van der Waals surface area contributed by atoms with Crippen LogP contribution in [0, 0.1) is 11.8 Å². The Balaban J connectivity index is 0.995. The van der Waals surface area contributed by atoms with Crippen molar-refractivity contribution >= 4 is 23.5 Å². The van der Waals surface area contributed by atoms with Gasteiger partial charge in [0, 0.05) is 50.1 Å². The molecule has 10 atom stereocenters. The first-order valence-corrected chi connectivity index (χ1v) is 22.5. The number of nitrogens with one attached hydrogen (secondary N) is 2. The number of hydrogen-bond donors (Lipinski definition) is 6. The fraction of sp³-hybridized carbons (Fsp3) is 0.652. The molecular weight excluding hydrogens is 765 g/mol. The number of piperidine rings is 2. The van der Waals surface area contributed by atoms with E-state index >= 15 is 0 Å². The lowest BCUT2D eigenvalue weighted by Gasteiger charge is -2.66. The second-order valence-corrected chi connectivity index (χ2v) is 20.7. The second kappa shape index (κ2) is 11.4. The number of carbonyl (C=O) groups excluding carboxylic acids is 2. The summed E-state index contributed by atoms with van der Waals surface area (Å²) in [6.45, 7) is 6.25. The van der Waals surface area contributed by atoms with E-state index in [4.69, 9.17) is 19.5 Å². The van der Waals surface area contributed by atoms with Gasteiger partial charge in [-0.05, 0) is 125 Å². The summed E-state index contributed by atoms with van der Waals surface area (Å²) in [4.78, 5) is 43.0. The molecule has 2 aromatic carbocycles. The summed E-state index contributed by atoms with van der Waals surface area (Å²) in [6, 6.07) is 6.96. The van der Waals surface area contributed by atoms with Gasteiger partial charge in [-0.1, -0.05) is 12.1 Å². The largest absolute Gasteiger partial charge is 0.504 e. The van der Waals surface area contributed by atoms with Crippen LogP contribution >= 0.6 is 0 Å². The number of aliphatic hydroxyl groups is 2. The minimum atomic E-state index is -1.40. The van der Waals surface area contributed by atoms with Gasteiger partial charge in [0.2, 0.25) is 11.8 Å². The van der Waals surface area contributed by atoms with Crippen LogP contribution in [0.15, 0.2) is 34.3 Å². The van der Waals surface area contributed by atoms with Crippen molar-refractivity contribution in [1.82, 2.24) is 20.4 Å². The maximum absolute atomic E-state index is 13.7. The number of hydrogen-bond acceptors (Lipinski definition) is 12. The van der Waals surface area contributed by atoms with Gasteiger partial charge >= 0.3 is 0 Å². The van der Waals surface area contributed by atoms with Crippen molar-refractivity contribution in [3.05, 3.63) is 46.5 Å². The number of nitrogens with zero attached hydrogens (tertiary/aromatic N) is 4. The van der Waals surface area contributed by atoms with Crippen molar-refractivity contribution < 1.29 is 39.5 Å². The highest BCUT2D eigenvalue weighted by Crippen LogP contribution is 2.70. The fourth-order valence-corrected chi connectivity index (χ4v) is 15.1. The SMILES string of the molecule is CC(=O)NC1=NC([C@]2(NC(C)=O)CC[C@@]3(O)[C@H]4Cc5ccc(O)c6c5[C@@]3(CCN4CC3CC3)[C@H]2O6)=N[C@]12CC[C@@]1(O)[C@H]3Cc4ccc(O)c5c4[C@@]1(CCN3CC1CC1)[C@H]2O5. The van der Waals surface area contributed by atoms with Crippen molar-refractivity contribution in [2.24, 2.45) is 21.8 Å². The Hall–Kier alpha value is -4.24. The molecule has 13 rings (SSSR count). The van der Waals surface area contributed by atoms with E-state index in [0.717, 1.165) is 48.4 Å². The first-order chi connectivity index (χ1) is 28.8. The molecule has 6 fully saturated rings. The zero-order valence-corrected chi connectivity index (χ0v) is 34.3. The zero-order chi connectivity index (χ0) is 40.9. The van der Waals surface area contributed by atoms with E-state index in [1.165, 1.54) is 39.5 Å². The number of aromatic hydroxyl groups is 2. The topological polar surface area (TPSA) is 189 Å². The van der Waals surface area contributed by atoms with Crippen LogP contribution in [0.3, 0.4) is 0 Å². The first-order valence-electron chi connectivity index (χ1n) is 22.5. The van der Waals surface area contributed by atoms with Gasteiger partial charge in [0.05, 0.1) is 22.0 Å². The summed E-state index contributed by atoms with van der Waals surface area (Å²) in [5, 5.41) is 56.2. The summed E-state index contributed by atoms with van der Waals surface area (Å²) >= 11 is 0. The average Bonchev–Trinajstić information content (AvgIpc) is 4.10. The number of rotatable bonds is 6. The van der Waals surface area contributed by atoms with Crippen LogP contribution in [-0.2, 0) is 33.3 Å². The molecule has 6 aliphatic carbocycles. The number of phenols is 2. The lowest BCUT2D eigenvalue weighted by molar-refractivity contribution is -0.199. The summed E-state index contributed by atoms with van der Waals surface area (Å²) in [7, 11) is 0. The number of phenolic OH excluding ortho intramolecular Hbond substituents is 2. The zero-order valence-electron chi connectivity index (χ0n) is 34.3. The number of fused-ring (bicyclic) bond motifs is 1. The predicted octanol–water partition coefficient (Wildman–Crippen LogP) is 2.49. The van der Waals surface area contributed by atoms with Crippen LogP contribution in [-0.4, -0.2) is 126 Å². The number of amidine groups is 2. The summed E-state index contributed by atoms with van der Waals surface area (Å²) in [6.07, 6.45) is 6.61. The molecule has 0 radical (unpaired) electrons. The van der Waals surface area contributed by atoms with Gasteiger partial charge in [-0.2, -0.15) is 0 Å². The van der Waals surface area contributed by atoms with E-state index < -0.39 is 45.3 Å². The van der Waals surface area contributed by atoms with Gasteiger partial charge in [0.15, 0.2) is 34.4 Å². The van der Waals surface area contributed by atoms with Crippen molar-refractivity contribution in [3.8, 4) is 23.0 Å². The molecule has 5 heterocycles. The van der Waals surface area contributed by atoms with Crippen LogP contribution in [0.4, 0.5) is 0 Å². The van der Waals surface area contributed by atoms with Crippen LogP contribution < -0.4 is 20.1 Å². The number of likely N-dealkylation sites (tertiary alicyclic amines) is 2. The first kappa shape index (κ1) is 36.4. The lowest BCUT2D eigenvalue weighted by atomic mass is 9.45. The Labute approximate surface area is 348 Å². The Kier molecular flexibility index (Phi) is 6.93. The summed E-state index contributed by atoms with van der Waals surface area (Å²) in [5.41, 5.74) is -3.44. The molecule has 3 spiro atoms. The molecule has 2 aromatic rings. The number of aliphatic imine (C=N–C) groups is 2. The van der Waals surface area contributed by atoms with Gasteiger partial charge in [-0.3, -0.25) is 19.4 Å². The second-order valence-electron chi connectivity index (χ2n) is 20.7. The molecule has 2 amide bonds. The van der Waals surface area contributed by atoms with Crippen LogP contribution in [0.5, 0.6) is 23.0 Å². The molecule has 0 aromatic heterocycles. The Bertz CT molecular complexity index is 2400. The number of ether oxygens (including phenoxy) is 2. The van der Waals surface area contributed by atoms with Gasteiger partial charge in [0.1, 0.15) is 23.6 Å². The molecular formula is C46H54N6O8. The van der Waals surface area contributed by atoms with Gasteiger partial charge in [-0.25, -0.2) is 9.98 Å². The molecule has 4 bridgehead atoms. The number of benzene rings is 2. The maximum Gasteiger partial charge on any atom is 0.222 e. The molecule has 11 aliphatic rings. The Morgan fingerprint density at radius 3 is 1.80 bits per heavy atom. The van der Waals surface area contributed by atoms with Gasteiger partial charge in [0.25, 0.3) is 0 Å². The van der Waals surface area contributed by atoms with Crippen LogP contribution in [0.25, 0.3) is 0 Å². The lowest BCUT2D eigenvalue weighted by Crippen LogP contribution is -2.82. The van der Waals surface area contributed by atoms with Crippen molar-refractivity contribution in [2.45, 2.75) is 148 Å². The Morgan fingerprint density at radius 2 is 1.27 bits per heavy atom. The fourth-order valence-electron chi connectivity index (χ4n) is 15.1. The van der Waals surface area contributed by atoms with Crippen molar-refractivity contribution in [3.63, 3.8) is 0 Å². The molecule has 316 valence electrons. The van der Waals surface area contributed by atoms with E-state index in [2.05, 4.69) is 20.4 Å². The van der Waals surface area contributed by atoms with E-state index in [9.17, 15) is 30.0 Å². The Morgan fingerprint density at radius 1 is 0.733 bits per heavy atom. The van der Waals surface area contributed by atoms with Gasteiger partial charge < -0.3 is 40.5 Å². The van der Waals surface area contributed by atoms with E-state index in [-0.39, 0.29) is 59.9 Å². The van der Waals surface area contributed by atoms with E-state index in [1.54, 1.807) is 12.1 Å². The van der Waals surface area contributed by atoms with Crippen LogP contribution in [0.1, 0.15) is 100 Å². The minimum absolute atomic E-state index is 0.00194. The highest BCUT2D eigenvalue weighted by Gasteiger charge is 2.80. The highest BCUT2D eigenvalue weighted by molar-refractivity contribution is 6.16. The molecule has 2 saturated heterocycles. The molecule has 5 aliphatic heterocycles. The number of amides is 2. The standard InChI is InChI=1S/C46H54N6O8/c1-23(53)47-39-43(11-13-45(57)31-19-27-7-9-29(55)35-33(27)41(45,37(43)59-35)15-17-51(31)21-25-3-4-25)50-40(48-39)44(49-24(2)54)12-14-46(58)32-20-28-8-10-30(56)36-34(28)42(46,38(44)60-36)16-18-52(32)22-26-5-6-26/h7-10,25-26,31-32,37-38,55-58H,3-6,11-22H2,1-2H3,(H,49,54)(H,47,48,50,53)/t31-,32-,37-,38-,41+,42+,43+,44+,45-,46-/m1/s1. The van der Waals surface area contributed by atoms with Crippen molar-refractivity contribution in [2.75, 3.05) is 26.2 Å². The van der Waals surface area contributed by atoms with Gasteiger partial charge in [-0.15, -0.1) is 0 Å². The summed E-state index contributed by atoms with van der Waals surface area (Å²) < 4.78 is 14.1. The minimum Gasteiger partial charge on any atom is -0.504 e. The smallest absolute Gasteiger partial charge is 0.222 e. The van der Waals surface area contributed by atoms with E-state index in [0.29, 0.717) is 61.9 Å². The van der Waals surface area contributed by atoms with Crippen molar-refractivity contribution in [1.29, 1.82) is 0 Å². The van der Waals surface area contributed by atoms with Crippen LogP contribution in [0.2, 0.25) is 0 Å². The molecule has 6 N–H and O–H groups in total. The third-order valence-corrected chi connectivity index (χ3v) is 17.7. The van der Waals surface area contributed by atoms with E-state index in [1.807, 2.05) is 12.1 Å². The average molecular weight is 819 g/mol. The third kappa shape index (κ3) is 4.16. The molecule has 4 saturated carbocycles. The normalized spacial score (nSPS) is 42.4. The monoisotopic (exact) mass is 818 g/mol. The maximum atomic E-state index is 13.7. The third-order valence-electron chi connectivity index (χ3n) is 17.7. The molecule has 14 heteroatoms. The summed E-state index contributed by atoms with van der Waals surface area (Å²) in [5.74, 6) is 1.83. The number of carbonyl (C=O) groups is 2. The predicted molar refractivity (Wildman–Crippen MR) is 218 cm³/mol. The molecule has 14 nitrogen and oxygen atoms in total. The highest BCUT2D eigenvalue weighted by atomic mass is 16.5. The molecule has 60 heavy (non-hydrogen) atoms. The quantitative estimate of drug-likeness (QED) is 0.253.